The van der Waals surface area contributed by atoms with E-state index in [1.165, 1.54) is 0 Å². The van der Waals surface area contributed by atoms with Crippen LogP contribution in [0.2, 0.25) is 0 Å². The number of nitrogens with zero attached hydrogens (tertiary/aromatic N) is 2. The van der Waals surface area contributed by atoms with Crippen LogP contribution in [0.15, 0.2) is 0 Å². The molecule has 108 valence electrons. The van der Waals surface area contributed by atoms with Gasteiger partial charge in [0.1, 0.15) is 0 Å². The van der Waals surface area contributed by atoms with Crippen LogP contribution in [-0.2, 0) is 4.79 Å². The zero-order valence-corrected chi connectivity index (χ0v) is 11.5. The summed E-state index contributed by atoms with van der Waals surface area (Å²) in [7, 11) is 0. The van der Waals surface area contributed by atoms with Crippen molar-refractivity contribution >= 4 is 17.5 Å². The minimum Gasteiger partial charge on any atom is -0.395 e. The second kappa shape index (κ2) is 4.81. The number of carbonyl (C=O) groups excluding carboxylic acids is 2. The van der Waals surface area contributed by atoms with Crippen molar-refractivity contribution in [1.29, 1.82) is 0 Å². The molecule has 0 spiro atoms. The smallest absolute Gasteiger partial charge is 0.276 e. The minimum absolute atomic E-state index is 0.123. The zero-order valence-electron chi connectivity index (χ0n) is 11.5. The fourth-order valence-electron chi connectivity index (χ4n) is 3.05. The van der Waals surface area contributed by atoms with Gasteiger partial charge in [-0.1, -0.05) is 0 Å². The first-order valence-corrected chi connectivity index (χ1v) is 6.95. The van der Waals surface area contributed by atoms with Gasteiger partial charge in [-0.2, -0.15) is 5.10 Å². The molecule has 2 fully saturated rings. The first-order chi connectivity index (χ1) is 9.56. The highest BCUT2D eigenvalue weighted by atomic mass is 16.2. The van der Waals surface area contributed by atoms with E-state index in [1.807, 2.05) is 0 Å². The average molecular weight is 277 g/mol. The maximum atomic E-state index is 12.4. The predicted molar refractivity (Wildman–Crippen MR) is 72.9 cm³/mol. The number of likely N-dealkylation sites (tertiary alicyclic amines) is 1. The van der Waals surface area contributed by atoms with Crippen LogP contribution in [0.25, 0.3) is 0 Å². The maximum absolute atomic E-state index is 12.4. The number of aromatic nitrogens is 2. The second-order valence-corrected chi connectivity index (χ2v) is 5.62. The molecule has 0 radical (unpaired) electrons. The van der Waals surface area contributed by atoms with Crippen molar-refractivity contribution in [2.24, 2.45) is 5.92 Å². The Morgan fingerprint density at radius 2 is 2.25 bits per heavy atom. The molecule has 2 saturated heterocycles. The molecule has 2 amide bonds. The van der Waals surface area contributed by atoms with Gasteiger partial charge in [-0.05, 0) is 25.7 Å². The summed E-state index contributed by atoms with van der Waals surface area (Å²) >= 11 is 0. The van der Waals surface area contributed by atoms with E-state index in [0.29, 0.717) is 42.5 Å². The number of rotatable bonds is 1. The molecule has 7 nitrogen and oxygen atoms in total. The third-order valence-electron chi connectivity index (χ3n) is 4.31. The average Bonchev–Trinajstić information content (AvgIpc) is 2.77. The summed E-state index contributed by atoms with van der Waals surface area (Å²) in [4.78, 5) is 25.6. The molecule has 1 aromatic heterocycles. The van der Waals surface area contributed by atoms with E-state index in [4.69, 9.17) is 5.73 Å². The second-order valence-electron chi connectivity index (χ2n) is 5.62. The number of carbonyl (C=O) groups is 2. The van der Waals surface area contributed by atoms with Gasteiger partial charge in [0, 0.05) is 25.6 Å². The van der Waals surface area contributed by atoms with E-state index in [0.717, 1.165) is 12.8 Å². The lowest BCUT2D eigenvalue weighted by molar-refractivity contribution is -0.125. The van der Waals surface area contributed by atoms with Crippen LogP contribution in [0.3, 0.4) is 0 Å². The number of hydrogen-bond acceptors (Lipinski definition) is 4. The number of nitrogens with one attached hydrogen (secondary N) is 2. The van der Waals surface area contributed by atoms with Gasteiger partial charge in [0.2, 0.25) is 5.91 Å². The van der Waals surface area contributed by atoms with Crippen LogP contribution in [0.5, 0.6) is 0 Å². The van der Waals surface area contributed by atoms with Crippen LogP contribution >= 0.6 is 0 Å². The van der Waals surface area contributed by atoms with E-state index in [-0.39, 0.29) is 17.9 Å². The molecule has 3 rings (SSSR count). The Hall–Kier alpha value is -2.05. The number of fused-ring (bicyclic) bond motifs is 1. The van der Waals surface area contributed by atoms with Gasteiger partial charge >= 0.3 is 0 Å². The number of nitrogens with two attached hydrogens (primary N) is 1. The van der Waals surface area contributed by atoms with Crippen molar-refractivity contribution in [2.45, 2.75) is 32.2 Å². The summed E-state index contributed by atoms with van der Waals surface area (Å²) in [6.07, 6.45) is 2.19. The van der Waals surface area contributed by atoms with E-state index in [1.54, 1.807) is 11.8 Å². The maximum Gasteiger partial charge on any atom is 0.276 e. The van der Waals surface area contributed by atoms with E-state index >= 15 is 0 Å². The predicted octanol–water partition coefficient (Wildman–Crippen LogP) is 0.0410. The quantitative estimate of drug-likeness (QED) is 0.674. The third kappa shape index (κ3) is 2.13. The summed E-state index contributed by atoms with van der Waals surface area (Å²) in [6.45, 7) is 3.09. The summed E-state index contributed by atoms with van der Waals surface area (Å²) < 4.78 is 0. The van der Waals surface area contributed by atoms with Crippen molar-refractivity contribution in [1.82, 2.24) is 20.4 Å². The van der Waals surface area contributed by atoms with E-state index in [2.05, 4.69) is 15.5 Å². The molecule has 4 N–H and O–H groups in total. The Balaban J connectivity index is 1.72. The monoisotopic (exact) mass is 277 g/mol. The normalized spacial score (nSPS) is 26.1. The molecule has 0 saturated carbocycles. The molecule has 2 atom stereocenters. The number of aryl methyl sites for hydroxylation is 1. The van der Waals surface area contributed by atoms with E-state index in [9.17, 15) is 9.59 Å². The third-order valence-corrected chi connectivity index (χ3v) is 4.31. The molecule has 2 unspecified atom stereocenters. The molecule has 3 heterocycles. The molecule has 0 aliphatic carbocycles. The molecule has 0 bridgehead atoms. The summed E-state index contributed by atoms with van der Waals surface area (Å²) in [5.41, 5.74) is 7.31. The number of anilines is 1. The van der Waals surface area contributed by atoms with Crippen molar-refractivity contribution in [3.8, 4) is 0 Å². The highest BCUT2D eigenvalue weighted by Gasteiger charge is 2.36. The Bertz CT molecular complexity index is 553. The van der Waals surface area contributed by atoms with Crippen LogP contribution < -0.4 is 11.1 Å². The molecule has 20 heavy (non-hydrogen) atoms. The Kier molecular flexibility index (Phi) is 3.11. The van der Waals surface area contributed by atoms with Crippen molar-refractivity contribution in [2.75, 3.05) is 18.8 Å². The fraction of sp³-hybridized carbons (Fsp3) is 0.615. The standard InChI is InChI=1S/C13H19N5O2/c1-7-11(14)12(17-16-7)13(20)18-5-4-9-8(6-18)2-3-10(19)15-9/h8-9H,2-6,14H2,1H3,(H,15,19)(H,16,17). The molecular weight excluding hydrogens is 258 g/mol. The first kappa shape index (κ1) is 13.0. The van der Waals surface area contributed by atoms with Gasteiger partial charge in [0.05, 0.1) is 11.4 Å². The molecule has 2 aliphatic heterocycles. The number of aromatic amines is 1. The SMILES string of the molecule is Cc1[nH]nc(C(=O)N2CCC3NC(=O)CCC3C2)c1N. The van der Waals surface area contributed by atoms with Crippen molar-refractivity contribution < 1.29 is 9.59 Å². The lowest BCUT2D eigenvalue weighted by Gasteiger charge is -2.41. The minimum atomic E-state index is -0.123. The number of H-pyrrole nitrogens is 1. The van der Waals surface area contributed by atoms with E-state index < -0.39 is 0 Å². The van der Waals surface area contributed by atoms with Crippen molar-refractivity contribution in [3.05, 3.63) is 11.4 Å². The number of nitrogen functional groups attached to an aromatic ring is 1. The number of amides is 2. The summed E-state index contributed by atoms with van der Waals surface area (Å²) in [5.74, 6) is 0.340. The number of hydrogen-bond donors (Lipinski definition) is 3. The van der Waals surface area contributed by atoms with Gasteiger partial charge in [0.15, 0.2) is 5.69 Å². The van der Waals surface area contributed by atoms with Gasteiger partial charge < -0.3 is 16.0 Å². The highest BCUT2D eigenvalue weighted by Crippen LogP contribution is 2.27. The first-order valence-electron chi connectivity index (χ1n) is 6.95. The van der Waals surface area contributed by atoms with Gasteiger partial charge in [0.25, 0.3) is 5.91 Å². The number of piperidine rings is 2. The summed E-state index contributed by atoms with van der Waals surface area (Å²) in [6, 6.07) is 0.207. The summed E-state index contributed by atoms with van der Waals surface area (Å²) in [5, 5.41) is 9.74. The van der Waals surface area contributed by atoms with Gasteiger partial charge in [-0.3, -0.25) is 14.7 Å². The van der Waals surface area contributed by atoms with Crippen LogP contribution in [0, 0.1) is 12.8 Å². The Morgan fingerprint density at radius 1 is 1.45 bits per heavy atom. The Labute approximate surface area is 116 Å². The van der Waals surface area contributed by atoms with Crippen LogP contribution in [0.4, 0.5) is 5.69 Å². The lowest BCUT2D eigenvalue weighted by Crippen LogP contribution is -2.55. The molecule has 0 aromatic carbocycles. The van der Waals surface area contributed by atoms with Crippen LogP contribution in [0.1, 0.15) is 35.4 Å². The Morgan fingerprint density at radius 3 is 2.95 bits per heavy atom. The van der Waals surface area contributed by atoms with Gasteiger partial charge in [-0.15, -0.1) is 0 Å². The molecular formula is C13H19N5O2. The molecule has 7 heteroatoms. The largest absolute Gasteiger partial charge is 0.395 e. The molecule has 1 aromatic rings. The highest BCUT2D eigenvalue weighted by molar-refractivity contribution is 5.97. The van der Waals surface area contributed by atoms with Crippen molar-refractivity contribution in [3.63, 3.8) is 0 Å². The van der Waals surface area contributed by atoms with Crippen LogP contribution in [-0.4, -0.2) is 46.0 Å². The zero-order chi connectivity index (χ0) is 14.3. The fourth-order valence-corrected chi connectivity index (χ4v) is 3.05. The topological polar surface area (TPSA) is 104 Å². The van der Waals surface area contributed by atoms with Gasteiger partial charge in [-0.25, -0.2) is 0 Å². The molecule has 2 aliphatic rings. The lowest BCUT2D eigenvalue weighted by atomic mass is 9.85.